The van der Waals surface area contributed by atoms with Gasteiger partial charge in [-0.25, -0.2) is 0 Å². The van der Waals surface area contributed by atoms with E-state index in [1.165, 1.54) is 0 Å². The molecule has 2 aliphatic heterocycles. The number of benzene rings is 1. The Morgan fingerprint density at radius 2 is 2.19 bits per heavy atom. The first kappa shape index (κ1) is 14.2. The van der Waals surface area contributed by atoms with Crippen molar-refractivity contribution in [3.8, 4) is 5.75 Å². The third-order valence-electron chi connectivity index (χ3n) is 4.61. The number of anilines is 1. The molecular formula is C17H24N2O2. The lowest BCUT2D eigenvalue weighted by Gasteiger charge is -2.27. The van der Waals surface area contributed by atoms with Gasteiger partial charge in [-0.3, -0.25) is 4.79 Å². The first-order valence-corrected chi connectivity index (χ1v) is 7.76. The van der Waals surface area contributed by atoms with E-state index >= 15 is 0 Å². The van der Waals surface area contributed by atoms with Gasteiger partial charge in [-0.05, 0) is 29.9 Å². The fraction of sp³-hybridized carbons (Fsp3) is 0.588. The van der Waals surface area contributed by atoms with Gasteiger partial charge < -0.3 is 15.0 Å². The molecule has 4 heteroatoms. The highest BCUT2D eigenvalue weighted by atomic mass is 16.5. The number of amides is 1. The van der Waals surface area contributed by atoms with Crippen molar-refractivity contribution in [3.05, 3.63) is 23.8 Å². The number of likely N-dealkylation sites (tertiary alicyclic amines) is 1. The minimum absolute atomic E-state index is 0.0994. The maximum atomic E-state index is 12.8. The van der Waals surface area contributed by atoms with Gasteiger partial charge in [0.25, 0.3) is 5.91 Å². The van der Waals surface area contributed by atoms with Crippen molar-refractivity contribution in [2.45, 2.75) is 27.2 Å². The minimum atomic E-state index is 0.0994. The normalized spacial score (nSPS) is 21.5. The van der Waals surface area contributed by atoms with Crippen LogP contribution in [0.3, 0.4) is 0 Å². The van der Waals surface area contributed by atoms with Crippen molar-refractivity contribution < 1.29 is 9.53 Å². The van der Waals surface area contributed by atoms with Crippen molar-refractivity contribution in [1.82, 2.24) is 4.90 Å². The van der Waals surface area contributed by atoms with E-state index in [2.05, 4.69) is 26.1 Å². The number of para-hydroxylation sites is 1. The molecule has 0 bridgehead atoms. The van der Waals surface area contributed by atoms with E-state index in [1.807, 2.05) is 23.1 Å². The molecule has 114 valence electrons. The summed E-state index contributed by atoms with van der Waals surface area (Å²) in [7, 11) is 0. The van der Waals surface area contributed by atoms with E-state index in [1.54, 1.807) is 0 Å². The van der Waals surface area contributed by atoms with E-state index in [9.17, 15) is 4.79 Å². The quantitative estimate of drug-likeness (QED) is 0.863. The van der Waals surface area contributed by atoms with Crippen LogP contribution in [0, 0.1) is 11.3 Å². The van der Waals surface area contributed by atoms with Gasteiger partial charge in [-0.1, -0.05) is 26.8 Å². The van der Waals surface area contributed by atoms with Gasteiger partial charge in [-0.15, -0.1) is 0 Å². The van der Waals surface area contributed by atoms with Crippen molar-refractivity contribution in [2.24, 2.45) is 11.3 Å². The zero-order chi connectivity index (χ0) is 15.0. The summed E-state index contributed by atoms with van der Waals surface area (Å²) in [6.45, 7) is 9.86. The molecule has 0 aliphatic carbocycles. The predicted octanol–water partition coefficient (Wildman–Crippen LogP) is 3.00. The predicted molar refractivity (Wildman–Crippen MR) is 83.9 cm³/mol. The fourth-order valence-electron chi connectivity index (χ4n) is 3.16. The summed E-state index contributed by atoms with van der Waals surface area (Å²) in [6, 6.07) is 5.76. The lowest BCUT2D eigenvalue weighted by Crippen LogP contribution is -2.32. The van der Waals surface area contributed by atoms with Crippen LogP contribution in [0.15, 0.2) is 18.2 Å². The second-order valence-electron chi connectivity index (χ2n) is 7.06. The molecule has 1 fully saturated rings. The Balaban J connectivity index is 1.81. The monoisotopic (exact) mass is 288 g/mol. The number of carbonyl (C=O) groups is 1. The Hall–Kier alpha value is -1.71. The third-order valence-corrected chi connectivity index (χ3v) is 4.61. The summed E-state index contributed by atoms with van der Waals surface area (Å²) < 4.78 is 5.72. The number of rotatable bonds is 1. The van der Waals surface area contributed by atoms with Crippen molar-refractivity contribution in [2.75, 3.05) is 31.6 Å². The van der Waals surface area contributed by atoms with Crippen LogP contribution in [0.4, 0.5) is 5.69 Å². The van der Waals surface area contributed by atoms with E-state index in [0.717, 1.165) is 31.7 Å². The standard InChI is InChI=1S/C17H24N2O2/c1-17(2,3)12-7-9-19(11-12)16(20)13-5-4-6-14-15(13)21-10-8-18-14/h4-6,12,18H,7-11H2,1-3H3. The molecule has 1 unspecified atom stereocenters. The van der Waals surface area contributed by atoms with Crippen LogP contribution < -0.4 is 10.1 Å². The van der Waals surface area contributed by atoms with Crippen molar-refractivity contribution in [1.29, 1.82) is 0 Å². The summed E-state index contributed by atoms with van der Waals surface area (Å²) in [5.74, 6) is 1.38. The van der Waals surface area contributed by atoms with Gasteiger partial charge in [0.2, 0.25) is 0 Å². The van der Waals surface area contributed by atoms with Crippen LogP contribution >= 0.6 is 0 Å². The zero-order valence-corrected chi connectivity index (χ0v) is 13.1. The zero-order valence-electron chi connectivity index (χ0n) is 13.1. The maximum absolute atomic E-state index is 12.8. The average Bonchev–Trinajstić information content (AvgIpc) is 2.96. The Morgan fingerprint density at radius 1 is 1.38 bits per heavy atom. The molecule has 0 radical (unpaired) electrons. The van der Waals surface area contributed by atoms with Gasteiger partial charge in [0.05, 0.1) is 11.3 Å². The number of fused-ring (bicyclic) bond motifs is 1. The molecule has 4 nitrogen and oxygen atoms in total. The maximum Gasteiger partial charge on any atom is 0.257 e. The second-order valence-corrected chi connectivity index (χ2v) is 7.06. The lowest BCUT2D eigenvalue weighted by atomic mass is 9.80. The molecule has 2 aliphatic rings. The molecule has 1 amide bonds. The van der Waals surface area contributed by atoms with Crippen LogP contribution in [-0.4, -0.2) is 37.0 Å². The lowest BCUT2D eigenvalue weighted by molar-refractivity contribution is 0.0772. The van der Waals surface area contributed by atoms with Gasteiger partial charge in [-0.2, -0.15) is 0 Å². The first-order valence-electron chi connectivity index (χ1n) is 7.76. The molecule has 1 atom stereocenters. The van der Waals surface area contributed by atoms with E-state index < -0.39 is 0 Å². The summed E-state index contributed by atoms with van der Waals surface area (Å²) in [6.07, 6.45) is 1.09. The molecule has 1 saturated heterocycles. The highest BCUT2D eigenvalue weighted by Crippen LogP contribution is 2.36. The van der Waals surface area contributed by atoms with Crippen molar-refractivity contribution >= 4 is 11.6 Å². The third kappa shape index (κ3) is 2.71. The molecule has 0 aromatic heterocycles. The summed E-state index contributed by atoms with van der Waals surface area (Å²) in [5.41, 5.74) is 1.87. The van der Waals surface area contributed by atoms with E-state index in [4.69, 9.17) is 4.74 Å². The molecule has 1 aromatic rings. The molecule has 21 heavy (non-hydrogen) atoms. The molecular weight excluding hydrogens is 264 g/mol. The van der Waals surface area contributed by atoms with Gasteiger partial charge in [0.1, 0.15) is 6.61 Å². The second kappa shape index (κ2) is 5.24. The van der Waals surface area contributed by atoms with Crippen molar-refractivity contribution in [3.63, 3.8) is 0 Å². The highest BCUT2D eigenvalue weighted by Gasteiger charge is 2.35. The number of carbonyl (C=O) groups excluding carboxylic acids is 1. The molecule has 1 aromatic carbocycles. The minimum Gasteiger partial charge on any atom is -0.489 e. The van der Waals surface area contributed by atoms with Crippen LogP contribution in [-0.2, 0) is 0 Å². The Kier molecular flexibility index (Phi) is 3.56. The largest absolute Gasteiger partial charge is 0.489 e. The van der Waals surface area contributed by atoms with E-state index in [-0.39, 0.29) is 11.3 Å². The summed E-state index contributed by atoms with van der Waals surface area (Å²) >= 11 is 0. The number of hydrogen-bond acceptors (Lipinski definition) is 3. The SMILES string of the molecule is CC(C)(C)C1CCN(C(=O)c2cccc3c2OCCN3)C1. The molecule has 3 rings (SSSR count). The number of nitrogens with one attached hydrogen (secondary N) is 1. The fourth-order valence-corrected chi connectivity index (χ4v) is 3.16. The smallest absolute Gasteiger partial charge is 0.257 e. The first-order chi connectivity index (χ1) is 9.97. The Bertz CT molecular complexity index is 548. The van der Waals surface area contributed by atoms with Crippen LogP contribution in [0.2, 0.25) is 0 Å². The molecule has 1 N–H and O–H groups in total. The molecule has 0 spiro atoms. The van der Waals surface area contributed by atoms with E-state index in [0.29, 0.717) is 23.8 Å². The summed E-state index contributed by atoms with van der Waals surface area (Å²) in [5, 5.41) is 3.29. The van der Waals surface area contributed by atoms with Gasteiger partial charge in [0.15, 0.2) is 5.75 Å². The Labute approximate surface area is 126 Å². The van der Waals surface area contributed by atoms with Crippen LogP contribution in [0.1, 0.15) is 37.6 Å². The summed E-state index contributed by atoms with van der Waals surface area (Å²) in [4.78, 5) is 14.8. The molecule has 2 heterocycles. The average molecular weight is 288 g/mol. The van der Waals surface area contributed by atoms with Gasteiger partial charge >= 0.3 is 0 Å². The number of ether oxygens (including phenoxy) is 1. The van der Waals surface area contributed by atoms with Crippen LogP contribution in [0.25, 0.3) is 0 Å². The topological polar surface area (TPSA) is 41.6 Å². The number of hydrogen-bond donors (Lipinski definition) is 1. The Morgan fingerprint density at radius 3 is 2.90 bits per heavy atom. The number of nitrogens with zero attached hydrogens (tertiary/aromatic N) is 1. The highest BCUT2D eigenvalue weighted by molar-refractivity contribution is 5.99. The van der Waals surface area contributed by atoms with Gasteiger partial charge in [0, 0.05) is 19.6 Å². The van der Waals surface area contributed by atoms with Crippen LogP contribution in [0.5, 0.6) is 5.75 Å². The molecule has 0 saturated carbocycles.